The first-order valence-electron chi connectivity index (χ1n) is 8.15. The van der Waals surface area contributed by atoms with E-state index in [0.29, 0.717) is 13.0 Å². The Morgan fingerprint density at radius 1 is 1.00 bits per heavy atom. The highest BCUT2D eigenvalue weighted by Gasteiger charge is 2.31. The number of hydrogen-bond acceptors (Lipinski definition) is 2. The van der Waals surface area contributed by atoms with E-state index in [1.54, 1.807) is 4.90 Å². The van der Waals surface area contributed by atoms with Gasteiger partial charge in [-0.25, -0.2) is 4.79 Å². The van der Waals surface area contributed by atoms with E-state index in [0.717, 1.165) is 18.5 Å². The summed E-state index contributed by atoms with van der Waals surface area (Å²) in [4.78, 5) is 25.9. The zero-order chi connectivity index (χ0) is 15.4. The molecule has 1 aromatic carbocycles. The molecule has 2 fully saturated rings. The minimum atomic E-state index is -0.139. The Labute approximate surface area is 131 Å². The lowest BCUT2D eigenvalue weighted by Gasteiger charge is -2.24. The zero-order valence-corrected chi connectivity index (χ0v) is 12.8. The molecule has 0 bridgehead atoms. The van der Waals surface area contributed by atoms with Gasteiger partial charge in [0.25, 0.3) is 0 Å². The minimum absolute atomic E-state index is 0.0640. The Morgan fingerprint density at radius 3 is 2.41 bits per heavy atom. The van der Waals surface area contributed by atoms with Crippen LogP contribution in [0.3, 0.4) is 0 Å². The first kappa shape index (κ1) is 14.9. The molecule has 1 saturated carbocycles. The van der Waals surface area contributed by atoms with Crippen molar-refractivity contribution < 1.29 is 9.59 Å². The molecule has 5 heteroatoms. The molecule has 1 atom stereocenters. The van der Waals surface area contributed by atoms with Gasteiger partial charge in [-0.3, -0.25) is 4.79 Å². The smallest absolute Gasteiger partial charge is 0.315 e. The number of carbonyl (C=O) groups excluding carboxylic acids is 2. The largest absolute Gasteiger partial charge is 0.335 e. The highest BCUT2D eigenvalue weighted by molar-refractivity contribution is 5.96. The average molecular weight is 301 g/mol. The minimum Gasteiger partial charge on any atom is -0.335 e. The molecule has 2 aliphatic rings. The number of carbonyl (C=O) groups is 2. The second kappa shape index (κ2) is 6.81. The number of para-hydroxylation sites is 1. The number of benzene rings is 1. The van der Waals surface area contributed by atoms with Crippen LogP contribution in [-0.4, -0.2) is 30.6 Å². The molecule has 118 valence electrons. The monoisotopic (exact) mass is 301 g/mol. The standard InChI is InChI=1S/C17H23N3O2/c21-16-11-14(12-20(16)15-9-5-2-6-10-15)19-17(22)18-13-7-3-1-4-8-13/h2,5-6,9-10,13-14H,1,3-4,7-8,11-12H2,(H2,18,19,22)/t14-/m1/s1. The molecule has 3 rings (SSSR count). The molecular formula is C17H23N3O2. The van der Waals surface area contributed by atoms with Crippen molar-refractivity contribution in [3.8, 4) is 0 Å². The number of rotatable bonds is 3. The summed E-state index contributed by atoms with van der Waals surface area (Å²) in [6.45, 7) is 0.543. The molecule has 5 nitrogen and oxygen atoms in total. The van der Waals surface area contributed by atoms with Crippen LogP contribution in [0.5, 0.6) is 0 Å². The Kier molecular flexibility index (Phi) is 4.61. The lowest BCUT2D eigenvalue weighted by molar-refractivity contribution is -0.117. The average Bonchev–Trinajstić information content (AvgIpc) is 2.89. The van der Waals surface area contributed by atoms with Crippen LogP contribution in [0, 0.1) is 0 Å². The van der Waals surface area contributed by atoms with Crippen molar-refractivity contribution >= 4 is 17.6 Å². The molecule has 1 aliphatic carbocycles. The predicted molar refractivity (Wildman–Crippen MR) is 85.7 cm³/mol. The highest BCUT2D eigenvalue weighted by atomic mass is 16.2. The maximum Gasteiger partial charge on any atom is 0.315 e. The SMILES string of the molecule is O=C(NC1CCCCC1)N[C@@H]1CC(=O)N(c2ccccc2)C1. The van der Waals surface area contributed by atoms with E-state index in [1.165, 1.54) is 19.3 Å². The Morgan fingerprint density at radius 2 is 1.68 bits per heavy atom. The molecule has 1 aromatic rings. The molecule has 22 heavy (non-hydrogen) atoms. The van der Waals surface area contributed by atoms with Crippen LogP contribution in [0.1, 0.15) is 38.5 Å². The molecular weight excluding hydrogens is 278 g/mol. The predicted octanol–water partition coefficient (Wildman–Crippen LogP) is 2.42. The summed E-state index contributed by atoms with van der Waals surface area (Å²) < 4.78 is 0. The van der Waals surface area contributed by atoms with Gasteiger partial charge in [0.1, 0.15) is 0 Å². The van der Waals surface area contributed by atoms with E-state index in [4.69, 9.17) is 0 Å². The van der Waals surface area contributed by atoms with Gasteiger partial charge in [0.2, 0.25) is 5.91 Å². The van der Waals surface area contributed by atoms with Crippen molar-refractivity contribution in [1.29, 1.82) is 0 Å². The van der Waals surface area contributed by atoms with Crippen LogP contribution in [0.25, 0.3) is 0 Å². The van der Waals surface area contributed by atoms with Crippen molar-refractivity contribution in [3.63, 3.8) is 0 Å². The van der Waals surface area contributed by atoms with Crippen LogP contribution in [0.2, 0.25) is 0 Å². The van der Waals surface area contributed by atoms with Crippen LogP contribution < -0.4 is 15.5 Å². The summed E-state index contributed by atoms with van der Waals surface area (Å²) >= 11 is 0. The van der Waals surface area contributed by atoms with Crippen LogP contribution >= 0.6 is 0 Å². The first-order valence-corrected chi connectivity index (χ1v) is 8.15. The van der Waals surface area contributed by atoms with E-state index in [1.807, 2.05) is 30.3 Å². The number of nitrogens with one attached hydrogen (secondary N) is 2. The van der Waals surface area contributed by atoms with Crippen LogP contribution in [0.4, 0.5) is 10.5 Å². The topological polar surface area (TPSA) is 61.4 Å². The number of urea groups is 1. The van der Waals surface area contributed by atoms with Gasteiger partial charge >= 0.3 is 6.03 Å². The van der Waals surface area contributed by atoms with E-state index in [2.05, 4.69) is 10.6 Å². The summed E-state index contributed by atoms with van der Waals surface area (Å²) in [7, 11) is 0. The van der Waals surface area contributed by atoms with Crippen LogP contribution in [0.15, 0.2) is 30.3 Å². The van der Waals surface area contributed by atoms with Crippen molar-refractivity contribution in [1.82, 2.24) is 10.6 Å². The lowest BCUT2D eigenvalue weighted by Crippen LogP contribution is -2.47. The molecule has 0 aromatic heterocycles. The van der Waals surface area contributed by atoms with E-state index in [9.17, 15) is 9.59 Å². The van der Waals surface area contributed by atoms with Gasteiger partial charge in [-0.15, -0.1) is 0 Å². The van der Waals surface area contributed by atoms with E-state index < -0.39 is 0 Å². The summed E-state index contributed by atoms with van der Waals surface area (Å²) in [6.07, 6.45) is 6.14. The summed E-state index contributed by atoms with van der Waals surface area (Å²) in [5.74, 6) is 0.0640. The third-order valence-corrected chi connectivity index (χ3v) is 4.47. The van der Waals surface area contributed by atoms with Gasteiger partial charge in [0.15, 0.2) is 0 Å². The summed E-state index contributed by atoms with van der Waals surface area (Å²) in [5, 5.41) is 5.98. The van der Waals surface area contributed by atoms with Crippen LogP contribution in [-0.2, 0) is 4.79 Å². The maximum atomic E-state index is 12.1. The van der Waals surface area contributed by atoms with Gasteiger partial charge in [0, 0.05) is 24.7 Å². The van der Waals surface area contributed by atoms with Gasteiger partial charge in [0.05, 0.1) is 6.04 Å². The van der Waals surface area contributed by atoms with Gasteiger partial charge < -0.3 is 15.5 Å². The van der Waals surface area contributed by atoms with Gasteiger partial charge in [-0.2, -0.15) is 0 Å². The Balaban J connectivity index is 1.51. The fourth-order valence-corrected chi connectivity index (χ4v) is 3.32. The van der Waals surface area contributed by atoms with Gasteiger partial charge in [-0.05, 0) is 25.0 Å². The molecule has 1 saturated heterocycles. The fraction of sp³-hybridized carbons (Fsp3) is 0.529. The zero-order valence-electron chi connectivity index (χ0n) is 12.8. The fourth-order valence-electron chi connectivity index (χ4n) is 3.32. The quantitative estimate of drug-likeness (QED) is 0.900. The number of amides is 3. The lowest BCUT2D eigenvalue weighted by atomic mass is 9.96. The second-order valence-electron chi connectivity index (χ2n) is 6.19. The molecule has 0 unspecified atom stereocenters. The van der Waals surface area contributed by atoms with Gasteiger partial charge in [-0.1, -0.05) is 37.5 Å². The summed E-state index contributed by atoms with van der Waals surface area (Å²) in [6, 6.07) is 9.63. The Hall–Kier alpha value is -2.04. The van der Waals surface area contributed by atoms with Crippen molar-refractivity contribution in [2.75, 3.05) is 11.4 Å². The number of nitrogens with zero attached hydrogens (tertiary/aromatic N) is 1. The highest BCUT2D eigenvalue weighted by Crippen LogP contribution is 2.21. The molecule has 1 aliphatic heterocycles. The van der Waals surface area contributed by atoms with E-state index >= 15 is 0 Å². The molecule has 0 spiro atoms. The second-order valence-corrected chi connectivity index (χ2v) is 6.19. The first-order chi connectivity index (χ1) is 10.7. The van der Waals surface area contributed by atoms with Crippen molar-refractivity contribution in [2.24, 2.45) is 0 Å². The summed E-state index contributed by atoms with van der Waals surface area (Å²) in [5.41, 5.74) is 0.893. The molecule has 0 radical (unpaired) electrons. The molecule has 3 amide bonds. The maximum absolute atomic E-state index is 12.1. The third-order valence-electron chi connectivity index (χ3n) is 4.47. The normalized spacial score (nSPS) is 22.6. The van der Waals surface area contributed by atoms with Crippen molar-refractivity contribution in [3.05, 3.63) is 30.3 Å². The molecule has 2 N–H and O–H groups in total. The number of anilines is 1. The Bertz CT molecular complexity index is 526. The van der Waals surface area contributed by atoms with Crippen molar-refractivity contribution in [2.45, 2.75) is 50.6 Å². The third kappa shape index (κ3) is 3.59. The van der Waals surface area contributed by atoms with E-state index in [-0.39, 0.29) is 24.0 Å². The molecule has 1 heterocycles. The number of hydrogen-bond donors (Lipinski definition) is 2.